The van der Waals surface area contributed by atoms with Crippen molar-refractivity contribution in [1.29, 1.82) is 0 Å². The van der Waals surface area contributed by atoms with E-state index in [0.29, 0.717) is 18.0 Å². The quantitative estimate of drug-likeness (QED) is 0.487. The van der Waals surface area contributed by atoms with Crippen molar-refractivity contribution in [2.24, 2.45) is 0 Å². The number of piperidine rings is 1. The van der Waals surface area contributed by atoms with E-state index >= 15 is 0 Å². The minimum absolute atomic E-state index is 0.00549. The minimum atomic E-state index is -0.551. The fourth-order valence-electron chi connectivity index (χ4n) is 2.56. The first-order valence-electron chi connectivity index (χ1n) is 6.78. The Morgan fingerprint density at radius 2 is 2.29 bits per heavy atom. The highest BCUT2D eigenvalue weighted by Crippen LogP contribution is 2.29. The van der Waals surface area contributed by atoms with Crippen molar-refractivity contribution in [2.75, 3.05) is 19.5 Å². The van der Waals surface area contributed by atoms with Crippen LogP contribution in [0.3, 0.4) is 0 Å². The van der Waals surface area contributed by atoms with Crippen molar-refractivity contribution in [3.8, 4) is 5.75 Å². The van der Waals surface area contributed by atoms with E-state index in [2.05, 4.69) is 0 Å². The Bertz CT molecular complexity index is 550. The lowest BCUT2D eigenvalue weighted by molar-refractivity contribution is -0.385. The Morgan fingerprint density at radius 3 is 2.90 bits per heavy atom. The maximum atomic E-state index is 12.5. The van der Waals surface area contributed by atoms with Gasteiger partial charge in [0.05, 0.1) is 12.0 Å². The summed E-state index contributed by atoms with van der Waals surface area (Å²) in [5.41, 5.74) is 0.0855. The number of likely N-dealkylation sites (tertiary alicyclic amines) is 1. The monoisotopic (exact) mass is 312 g/mol. The number of alkyl halides is 1. The molecule has 2 rings (SSSR count). The number of methoxy groups -OCH3 is 1. The molecule has 1 aromatic carbocycles. The van der Waals surface area contributed by atoms with Crippen molar-refractivity contribution in [3.63, 3.8) is 0 Å². The number of hydrogen-bond donors (Lipinski definition) is 0. The van der Waals surface area contributed by atoms with Crippen LogP contribution < -0.4 is 4.74 Å². The van der Waals surface area contributed by atoms with Crippen LogP contribution in [0.1, 0.15) is 29.6 Å². The highest BCUT2D eigenvalue weighted by molar-refractivity contribution is 6.18. The van der Waals surface area contributed by atoms with Gasteiger partial charge in [-0.25, -0.2) is 0 Å². The number of nitrogens with zero attached hydrogens (tertiary/aromatic N) is 2. The third-order valence-corrected chi connectivity index (χ3v) is 4.04. The van der Waals surface area contributed by atoms with Crippen LogP contribution in [0.5, 0.6) is 5.75 Å². The number of carbonyl (C=O) groups is 1. The van der Waals surface area contributed by atoms with Crippen molar-refractivity contribution in [2.45, 2.75) is 25.3 Å². The molecule has 1 saturated heterocycles. The van der Waals surface area contributed by atoms with Gasteiger partial charge < -0.3 is 9.64 Å². The smallest absolute Gasteiger partial charge is 0.311 e. The maximum absolute atomic E-state index is 12.5. The summed E-state index contributed by atoms with van der Waals surface area (Å²) in [6.07, 6.45) is 2.84. The molecule has 1 atom stereocenters. The third-order valence-electron chi connectivity index (χ3n) is 3.69. The SMILES string of the molecule is COc1ccc(C(=O)N2CCCCC2CCl)cc1[N+](=O)[O-]. The van der Waals surface area contributed by atoms with E-state index in [9.17, 15) is 14.9 Å². The van der Waals surface area contributed by atoms with Crippen LogP contribution in [0.2, 0.25) is 0 Å². The summed E-state index contributed by atoms with van der Waals surface area (Å²) in [4.78, 5) is 24.7. The Labute approximate surface area is 127 Å². The third kappa shape index (κ3) is 3.26. The topological polar surface area (TPSA) is 72.7 Å². The standard InChI is InChI=1S/C14H17ClN2O4/c1-21-13-6-5-10(8-12(13)17(19)20)14(18)16-7-3-2-4-11(16)9-15/h5-6,8,11H,2-4,7,9H2,1H3. The van der Waals surface area contributed by atoms with Gasteiger partial charge in [-0.2, -0.15) is 0 Å². The van der Waals surface area contributed by atoms with Gasteiger partial charge in [0.2, 0.25) is 0 Å². The number of halogens is 1. The van der Waals surface area contributed by atoms with E-state index < -0.39 is 4.92 Å². The second-order valence-corrected chi connectivity index (χ2v) is 5.25. The highest BCUT2D eigenvalue weighted by atomic mass is 35.5. The summed E-state index contributed by atoms with van der Waals surface area (Å²) in [6, 6.07) is 4.26. The molecule has 0 aliphatic carbocycles. The van der Waals surface area contributed by atoms with Crippen LogP contribution in [0.4, 0.5) is 5.69 Å². The molecule has 1 fully saturated rings. The molecule has 0 bridgehead atoms. The van der Waals surface area contributed by atoms with Crippen molar-refractivity contribution < 1.29 is 14.5 Å². The van der Waals surface area contributed by atoms with Crippen LogP contribution in [-0.2, 0) is 0 Å². The second kappa shape index (κ2) is 6.76. The fourth-order valence-corrected chi connectivity index (χ4v) is 2.88. The van der Waals surface area contributed by atoms with Crippen LogP contribution in [-0.4, -0.2) is 41.3 Å². The van der Waals surface area contributed by atoms with Gasteiger partial charge in [0.25, 0.3) is 5.91 Å². The lowest BCUT2D eigenvalue weighted by Crippen LogP contribution is -2.44. The molecule has 1 unspecified atom stereocenters. The maximum Gasteiger partial charge on any atom is 0.311 e. The summed E-state index contributed by atoms with van der Waals surface area (Å²) >= 11 is 5.91. The normalized spacial score (nSPS) is 18.4. The van der Waals surface area contributed by atoms with Crippen molar-refractivity contribution in [1.82, 2.24) is 4.90 Å². The fraction of sp³-hybridized carbons (Fsp3) is 0.500. The molecule has 0 aromatic heterocycles. The molecule has 1 amide bonds. The van der Waals surface area contributed by atoms with Gasteiger partial charge >= 0.3 is 5.69 Å². The van der Waals surface area contributed by atoms with E-state index in [1.165, 1.54) is 19.2 Å². The first-order valence-corrected chi connectivity index (χ1v) is 7.31. The summed E-state index contributed by atoms with van der Waals surface area (Å²) < 4.78 is 4.94. The van der Waals surface area contributed by atoms with Gasteiger partial charge in [-0.05, 0) is 31.4 Å². The Balaban J connectivity index is 2.30. The van der Waals surface area contributed by atoms with Crippen molar-refractivity contribution in [3.05, 3.63) is 33.9 Å². The zero-order valence-corrected chi connectivity index (χ0v) is 12.5. The Morgan fingerprint density at radius 1 is 1.52 bits per heavy atom. The first kappa shape index (κ1) is 15.6. The summed E-state index contributed by atoms with van der Waals surface area (Å²) in [5.74, 6) is 0.305. The van der Waals surface area contributed by atoms with Gasteiger partial charge in [-0.3, -0.25) is 14.9 Å². The number of amides is 1. The van der Waals surface area contributed by atoms with Gasteiger partial charge in [0, 0.05) is 30.1 Å². The number of rotatable bonds is 4. The van der Waals surface area contributed by atoms with E-state index in [-0.39, 0.29) is 23.4 Å². The molecule has 114 valence electrons. The molecule has 0 spiro atoms. The number of ether oxygens (including phenoxy) is 1. The van der Waals surface area contributed by atoms with E-state index in [1.54, 1.807) is 11.0 Å². The van der Waals surface area contributed by atoms with Gasteiger partial charge in [0.1, 0.15) is 0 Å². The molecule has 6 nitrogen and oxygen atoms in total. The molecule has 21 heavy (non-hydrogen) atoms. The Kier molecular flexibility index (Phi) is 5.01. The van der Waals surface area contributed by atoms with E-state index in [4.69, 9.17) is 16.3 Å². The van der Waals surface area contributed by atoms with Crippen LogP contribution >= 0.6 is 11.6 Å². The number of carbonyl (C=O) groups excluding carboxylic acids is 1. The van der Waals surface area contributed by atoms with E-state index in [1.807, 2.05) is 0 Å². The highest BCUT2D eigenvalue weighted by Gasteiger charge is 2.28. The van der Waals surface area contributed by atoms with Crippen LogP contribution in [0.25, 0.3) is 0 Å². The number of nitro benzene ring substituents is 1. The predicted molar refractivity (Wildman–Crippen MR) is 79.0 cm³/mol. The molecule has 1 aliphatic heterocycles. The molecule has 1 heterocycles. The van der Waals surface area contributed by atoms with Gasteiger partial charge in [0.15, 0.2) is 5.75 Å². The van der Waals surface area contributed by atoms with Gasteiger partial charge in [-0.15, -0.1) is 11.6 Å². The molecule has 0 saturated carbocycles. The van der Waals surface area contributed by atoms with Gasteiger partial charge in [-0.1, -0.05) is 0 Å². The zero-order valence-electron chi connectivity index (χ0n) is 11.8. The number of nitro groups is 1. The van der Waals surface area contributed by atoms with E-state index in [0.717, 1.165) is 19.3 Å². The lowest BCUT2D eigenvalue weighted by atomic mass is 10.0. The van der Waals surface area contributed by atoms with Crippen LogP contribution in [0.15, 0.2) is 18.2 Å². The summed E-state index contributed by atoms with van der Waals surface area (Å²) in [5, 5.41) is 11.0. The van der Waals surface area contributed by atoms with Crippen LogP contribution in [0, 0.1) is 10.1 Å². The lowest BCUT2D eigenvalue weighted by Gasteiger charge is -2.34. The molecular formula is C14H17ClN2O4. The Hall–Kier alpha value is -1.82. The molecular weight excluding hydrogens is 296 g/mol. The summed E-state index contributed by atoms with van der Waals surface area (Å²) in [6.45, 7) is 0.635. The number of hydrogen-bond acceptors (Lipinski definition) is 4. The zero-order chi connectivity index (χ0) is 15.4. The largest absolute Gasteiger partial charge is 0.490 e. The van der Waals surface area contributed by atoms with Crippen molar-refractivity contribution >= 4 is 23.2 Å². The average Bonchev–Trinajstić information content (AvgIpc) is 2.53. The predicted octanol–water partition coefficient (Wildman–Crippen LogP) is 2.84. The molecule has 0 N–H and O–H groups in total. The molecule has 1 aliphatic rings. The second-order valence-electron chi connectivity index (χ2n) is 4.95. The minimum Gasteiger partial charge on any atom is -0.490 e. The summed E-state index contributed by atoms with van der Waals surface area (Å²) in [7, 11) is 1.36. The average molecular weight is 313 g/mol. The number of benzene rings is 1. The molecule has 1 aromatic rings. The molecule has 0 radical (unpaired) electrons. The first-order chi connectivity index (χ1) is 10.1. The molecule has 7 heteroatoms.